The number of rotatable bonds is 3. The van der Waals surface area contributed by atoms with E-state index in [0.29, 0.717) is 19.6 Å². The van der Waals surface area contributed by atoms with E-state index in [1.807, 2.05) is 13.8 Å². The molecular weight excluding hydrogens is 178 g/mol. The molecule has 4 nitrogen and oxygen atoms in total. The number of ether oxygens (including phenoxy) is 1. The third-order valence-corrected chi connectivity index (χ3v) is 3.78. The average molecular weight is 193 g/mol. The highest BCUT2D eigenvalue weighted by Gasteiger charge is 2.29. The van der Waals surface area contributed by atoms with Crippen LogP contribution in [0.25, 0.3) is 0 Å². The third-order valence-electron chi connectivity index (χ3n) is 1.73. The van der Waals surface area contributed by atoms with E-state index in [9.17, 15) is 8.42 Å². The molecule has 0 aromatic carbocycles. The molecule has 0 spiro atoms. The third kappa shape index (κ3) is 2.43. The number of sulfonamides is 1. The molecule has 1 rings (SSSR count). The molecule has 72 valence electrons. The van der Waals surface area contributed by atoms with Crippen molar-refractivity contribution in [2.24, 2.45) is 0 Å². The van der Waals surface area contributed by atoms with Crippen LogP contribution in [-0.4, -0.2) is 32.9 Å². The number of hydrogen-bond acceptors (Lipinski definition) is 3. The van der Waals surface area contributed by atoms with Gasteiger partial charge in [0.15, 0.2) is 0 Å². The first-order chi connectivity index (χ1) is 5.52. The lowest BCUT2D eigenvalue weighted by Crippen LogP contribution is -2.38. The molecule has 0 amide bonds. The summed E-state index contributed by atoms with van der Waals surface area (Å²) >= 11 is 0. The second kappa shape index (κ2) is 3.72. The van der Waals surface area contributed by atoms with Crippen molar-refractivity contribution in [3.63, 3.8) is 0 Å². The Labute approximate surface area is 73.3 Å². The first kappa shape index (κ1) is 9.95. The number of hydrogen-bond donors (Lipinski definition) is 1. The summed E-state index contributed by atoms with van der Waals surface area (Å²) in [6.45, 7) is 4.52. The van der Waals surface area contributed by atoms with Crippen LogP contribution in [0.5, 0.6) is 0 Å². The summed E-state index contributed by atoms with van der Waals surface area (Å²) < 4.78 is 30.5. The molecule has 0 saturated carbocycles. The largest absolute Gasteiger partial charge is 0.380 e. The molecule has 1 heterocycles. The van der Waals surface area contributed by atoms with Crippen molar-refractivity contribution in [2.45, 2.75) is 31.6 Å². The van der Waals surface area contributed by atoms with Gasteiger partial charge >= 0.3 is 0 Å². The minimum absolute atomic E-state index is 0.0319. The van der Waals surface area contributed by atoms with Gasteiger partial charge in [0.1, 0.15) is 5.25 Å². The summed E-state index contributed by atoms with van der Waals surface area (Å²) in [7, 11) is -3.13. The maximum atomic E-state index is 11.5. The molecule has 0 radical (unpaired) electrons. The first-order valence-corrected chi connectivity index (χ1v) is 5.66. The van der Waals surface area contributed by atoms with E-state index >= 15 is 0 Å². The van der Waals surface area contributed by atoms with Crippen LogP contribution in [-0.2, 0) is 14.8 Å². The Morgan fingerprint density at radius 1 is 1.50 bits per heavy atom. The van der Waals surface area contributed by atoms with Gasteiger partial charge in [-0.3, -0.25) is 0 Å². The molecule has 1 aliphatic heterocycles. The fourth-order valence-electron chi connectivity index (χ4n) is 1.18. The van der Waals surface area contributed by atoms with Crippen molar-refractivity contribution in [1.82, 2.24) is 4.72 Å². The molecule has 1 atom stereocenters. The molecule has 0 aliphatic carbocycles. The molecule has 0 aromatic rings. The summed E-state index contributed by atoms with van der Waals surface area (Å²) in [5, 5.41) is -0.347. The van der Waals surface area contributed by atoms with Gasteiger partial charge in [-0.1, -0.05) is 0 Å². The Balaban J connectivity index is 2.58. The van der Waals surface area contributed by atoms with Gasteiger partial charge in [0, 0.05) is 12.6 Å². The van der Waals surface area contributed by atoms with E-state index in [-0.39, 0.29) is 11.3 Å². The van der Waals surface area contributed by atoms with Gasteiger partial charge in [0.05, 0.1) is 6.61 Å². The zero-order valence-corrected chi connectivity index (χ0v) is 8.23. The van der Waals surface area contributed by atoms with Crippen molar-refractivity contribution in [2.75, 3.05) is 13.2 Å². The van der Waals surface area contributed by atoms with E-state index in [1.165, 1.54) is 0 Å². The molecular formula is C7H15NO3S. The van der Waals surface area contributed by atoms with Gasteiger partial charge in [-0.2, -0.15) is 0 Å². The Morgan fingerprint density at radius 3 is 2.58 bits per heavy atom. The molecule has 12 heavy (non-hydrogen) atoms. The smallest absolute Gasteiger partial charge is 0.217 e. The van der Waals surface area contributed by atoms with Crippen LogP contribution in [0, 0.1) is 0 Å². The highest BCUT2D eigenvalue weighted by molar-refractivity contribution is 7.90. The predicted octanol–water partition coefficient (Wildman–Crippen LogP) is 0.103. The zero-order valence-electron chi connectivity index (χ0n) is 7.41. The Kier molecular flexibility index (Phi) is 3.09. The van der Waals surface area contributed by atoms with Gasteiger partial charge in [-0.05, 0) is 20.3 Å². The predicted molar refractivity (Wildman–Crippen MR) is 46.4 cm³/mol. The normalized spacial score (nSPS) is 25.1. The van der Waals surface area contributed by atoms with Crippen LogP contribution in [0.1, 0.15) is 20.3 Å². The summed E-state index contributed by atoms with van der Waals surface area (Å²) in [6, 6.07) is -0.0319. The summed E-state index contributed by atoms with van der Waals surface area (Å²) in [5.41, 5.74) is 0. The van der Waals surface area contributed by atoms with Gasteiger partial charge < -0.3 is 4.74 Å². The van der Waals surface area contributed by atoms with E-state index in [1.54, 1.807) is 0 Å². The van der Waals surface area contributed by atoms with Gasteiger partial charge in [0.2, 0.25) is 10.0 Å². The van der Waals surface area contributed by atoms with Crippen LogP contribution in [0.2, 0.25) is 0 Å². The van der Waals surface area contributed by atoms with Crippen molar-refractivity contribution in [3.05, 3.63) is 0 Å². The standard InChI is InChI=1S/C7H15NO3S/c1-6(2)8-12(9,10)7-3-4-11-5-7/h6-8H,3-5H2,1-2H3/t7-/m0/s1. The summed E-state index contributed by atoms with van der Waals surface area (Å²) in [6.07, 6.45) is 0.613. The Bertz CT molecular complexity index is 229. The van der Waals surface area contributed by atoms with Crippen molar-refractivity contribution in [3.8, 4) is 0 Å². The van der Waals surface area contributed by atoms with Crippen molar-refractivity contribution in [1.29, 1.82) is 0 Å². The molecule has 5 heteroatoms. The fourth-order valence-corrected chi connectivity index (χ4v) is 2.71. The van der Waals surface area contributed by atoms with Crippen molar-refractivity contribution < 1.29 is 13.2 Å². The molecule has 0 unspecified atom stereocenters. The Hall–Kier alpha value is -0.130. The van der Waals surface area contributed by atoms with Gasteiger partial charge in [0.25, 0.3) is 0 Å². The Morgan fingerprint density at radius 2 is 2.17 bits per heavy atom. The zero-order chi connectivity index (χ0) is 9.19. The molecule has 1 aliphatic rings. The molecule has 1 N–H and O–H groups in total. The van der Waals surface area contributed by atoms with E-state index < -0.39 is 10.0 Å². The van der Waals surface area contributed by atoms with Crippen LogP contribution < -0.4 is 4.72 Å². The highest BCUT2D eigenvalue weighted by Crippen LogP contribution is 2.12. The van der Waals surface area contributed by atoms with Crippen LogP contribution in [0.3, 0.4) is 0 Å². The lowest BCUT2D eigenvalue weighted by atomic mass is 10.4. The van der Waals surface area contributed by atoms with Gasteiger partial charge in [-0.15, -0.1) is 0 Å². The minimum Gasteiger partial charge on any atom is -0.380 e. The molecule has 0 aromatic heterocycles. The summed E-state index contributed by atoms with van der Waals surface area (Å²) in [4.78, 5) is 0. The monoisotopic (exact) mass is 193 g/mol. The fraction of sp³-hybridized carbons (Fsp3) is 1.00. The second-order valence-corrected chi connectivity index (χ2v) is 5.30. The summed E-state index contributed by atoms with van der Waals surface area (Å²) in [5.74, 6) is 0. The molecule has 1 fully saturated rings. The van der Waals surface area contributed by atoms with Crippen molar-refractivity contribution >= 4 is 10.0 Å². The lowest BCUT2D eigenvalue weighted by molar-refractivity contribution is 0.198. The van der Waals surface area contributed by atoms with Crippen LogP contribution in [0.15, 0.2) is 0 Å². The average Bonchev–Trinajstić information content (AvgIpc) is 2.32. The first-order valence-electron chi connectivity index (χ1n) is 4.11. The lowest BCUT2D eigenvalue weighted by Gasteiger charge is -2.13. The molecule has 1 saturated heterocycles. The quantitative estimate of drug-likeness (QED) is 0.691. The SMILES string of the molecule is CC(C)NS(=O)(=O)[C@H]1CCOC1. The molecule has 0 bridgehead atoms. The number of nitrogens with one attached hydrogen (secondary N) is 1. The topological polar surface area (TPSA) is 55.4 Å². The maximum Gasteiger partial charge on any atom is 0.217 e. The van der Waals surface area contributed by atoms with Crippen LogP contribution in [0.4, 0.5) is 0 Å². The van der Waals surface area contributed by atoms with E-state index in [0.717, 1.165) is 0 Å². The van der Waals surface area contributed by atoms with Crippen LogP contribution >= 0.6 is 0 Å². The van der Waals surface area contributed by atoms with E-state index in [2.05, 4.69) is 4.72 Å². The maximum absolute atomic E-state index is 11.5. The van der Waals surface area contributed by atoms with Gasteiger partial charge in [-0.25, -0.2) is 13.1 Å². The minimum atomic E-state index is -3.13. The second-order valence-electron chi connectivity index (χ2n) is 3.30. The van der Waals surface area contributed by atoms with E-state index in [4.69, 9.17) is 4.74 Å². The highest BCUT2D eigenvalue weighted by atomic mass is 32.2.